The second-order valence-corrected chi connectivity index (χ2v) is 37.1. The van der Waals surface area contributed by atoms with Crippen LogP contribution in [0.1, 0.15) is 252 Å². The Labute approximate surface area is 566 Å². The molecule has 10 heteroatoms. The lowest BCUT2D eigenvalue weighted by Gasteiger charge is -2.45. The van der Waals surface area contributed by atoms with Crippen LogP contribution < -0.4 is 31.8 Å². The fourth-order valence-corrected chi connectivity index (χ4v) is 23.9. The number of fused-ring (bicyclic) bond motifs is 3. The van der Waals surface area contributed by atoms with E-state index in [-0.39, 0.29) is 47.0 Å². The number of aliphatic hydroxyl groups is 1. The van der Waals surface area contributed by atoms with E-state index in [1.807, 2.05) is 24.3 Å². The molecule has 0 bridgehead atoms. The second-order valence-electron chi connectivity index (χ2n) is 28.6. The summed E-state index contributed by atoms with van der Waals surface area (Å²) in [6.07, 6.45) is 33.2. The first-order valence-electron chi connectivity index (χ1n) is 36.7. The van der Waals surface area contributed by atoms with Gasteiger partial charge in [-0.15, -0.1) is 0 Å². The number of benzene rings is 6. The zero-order chi connectivity index (χ0) is 66.6. The highest BCUT2D eigenvalue weighted by atomic mass is 28.4. The number of ketones is 1. The van der Waals surface area contributed by atoms with Gasteiger partial charge < -0.3 is 29.7 Å². The minimum absolute atomic E-state index is 0.0136. The Kier molecular flexibility index (Phi) is 34.1. The van der Waals surface area contributed by atoms with Crippen LogP contribution >= 0.6 is 0 Å². The smallest absolute Gasteiger partial charge is 0.407 e. The predicted molar refractivity (Wildman–Crippen MR) is 399 cm³/mol. The van der Waals surface area contributed by atoms with E-state index >= 15 is 0 Å². The molecule has 0 saturated heterocycles. The summed E-state index contributed by atoms with van der Waals surface area (Å²) in [6, 6.07) is 58.9. The Bertz CT molecular complexity index is 2840. The highest BCUT2D eigenvalue weighted by molar-refractivity contribution is 7.00. The zero-order valence-corrected chi connectivity index (χ0v) is 61.0. The fourth-order valence-electron chi connectivity index (χ4n) is 14.4. The lowest BCUT2D eigenvalue weighted by Crippen LogP contribution is -2.67. The van der Waals surface area contributed by atoms with Gasteiger partial charge in [0.2, 0.25) is 0 Å². The third-order valence-corrected chi connectivity index (χ3v) is 29.6. The number of amides is 1. The first-order valence-corrected chi connectivity index (χ1v) is 40.5. The topological polar surface area (TPSA) is 120 Å². The number of carbonyl (C=O) groups excluding carboxylic acids is 2. The van der Waals surface area contributed by atoms with Crippen LogP contribution in [0.15, 0.2) is 170 Å². The molecule has 1 aliphatic carbocycles. The van der Waals surface area contributed by atoms with Gasteiger partial charge in [-0.25, -0.2) is 4.79 Å². The molecule has 0 heterocycles. The fraction of sp³-hybridized carbons (Fsp3) is 0.542. The van der Waals surface area contributed by atoms with Crippen molar-refractivity contribution in [3.8, 4) is 11.1 Å². The molecule has 93 heavy (non-hydrogen) atoms. The van der Waals surface area contributed by atoms with Crippen molar-refractivity contribution < 1.29 is 28.3 Å². The van der Waals surface area contributed by atoms with Crippen molar-refractivity contribution in [3.63, 3.8) is 0 Å². The highest BCUT2D eigenvalue weighted by Crippen LogP contribution is 2.45. The number of nitrogens with one attached hydrogen (secondary N) is 1. The van der Waals surface area contributed by atoms with E-state index in [0.29, 0.717) is 13.0 Å². The Morgan fingerprint density at radius 3 is 1.09 bits per heavy atom. The number of Topliss-reactive ketones (excluding diaryl/α,β-unsaturated/α-hetero) is 1. The third-order valence-electron chi connectivity index (χ3n) is 19.4. The monoisotopic (exact) mass is 1300 g/mol. The number of hydrogen-bond acceptors (Lipinski definition) is 7. The summed E-state index contributed by atoms with van der Waals surface area (Å²) < 4.78 is 20.7. The number of alkyl carbamates (subject to hydrolysis) is 1. The first kappa shape index (κ1) is 76.6. The van der Waals surface area contributed by atoms with Crippen LogP contribution in [0.3, 0.4) is 0 Å². The van der Waals surface area contributed by atoms with Crippen molar-refractivity contribution in [2.75, 3.05) is 19.8 Å². The molecule has 3 atom stereocenters. The van der Waals surface area contributed by atoms with Crippen LogP contribution in [0.2, 0.25) is 10.1 Å². The van der Waals surface area contributed by atoms with Crippen LogP contribution in [0.5, 0.6) is 0 Å². The number of nitrogens with two attached hydrogens (primary N) is 1. The number of ether oxygens (including phenoxy) is 1. The number of rotatable bonds is 43. The Morgan fingerprint density at radius 2 is 0.753 bits per heavy atom. The Morgan fingerprint density at radius 1 is 0.441 bits per heavy atom. The number of carbonyl (C=O) groups is 2. The first-order chi connectivity index (χ1) is 45.1. The molecular formula is C83H122N2O6Si2. The molecule has 508 valence electrons. The Balaban J connectivity index is 0.000000335. The maximum atomic E-state index is 13.6. The minimum atomic E-state index is -2.80. The van der Waals surface area contributed by atoms with Gasteiger partial charge in [-0.1, -0.05) is 367 Å². The molecule has 0 saturated carbocycles. The summed E-state index contributed by atoms with van der Waals surface area (Å²) in [4.78, 5) is 26.6. The molecule has 4 N–H and O–H groups in total. The molecular weight excluding hydrogens is 1180 g/mol. The molecule has 0 spiro atoms. The quantitative estimate of drug-likeness (QED) is 0.0258. The predicted octanol–water partition coefficient (Wildman–Crippen LogP) is 19.3. The van der Waals surface area contributed by atoms with E-state index in [2.05, 4.69) is 206 Å². The number of unbranched alkanes of at least 4 members (excludes halogenated alkanes) is 20. The molecule has 7 rings (SSSR count). The van der Waals surface area contributed by atoms with Gasteiger partial charge in [0.05, 0.1) is 6.61 Å². The number of hydrogen-bond donors (Lipinski definition) is 3. The molecule has 1 aliphatic rings. The van der Waals surface area contributed by atoms with Gasteiger partial charge >= 0.3 is 6.09 Å². The zero-order valence-electron chi connectivity index (χ0n) is 59.0. The molecule has 0 radical (unpaired) electrons. The third kappa shape index (κ3) is 23.4. The van der Waals surface area contributed by atoms with Gasteiger partial charge in [0.15, 0.2) is 5.78 Å². The van der Waals surface area contributed by atoms with E-state index in [1.54, 1.807) is 0 Å². The lowest BCUT2D eigenvalue weighted by atomic mass is 9.98. The van der Waals surface area contributed by atoms with Gasteiger partial charge in [0.25, 0.3) is 16.6 Å². The van der Waals surface area contributed by atoms with Gasteiger partial charge in [0, 0.05) is 24.5 Å². The Hall–Kier alpha value is -5.47. The van der Waals surface area contributed by atoms with Crippen molar-refractivity contribution in [3.05, 3.63) is 181 Å². The molecule has 6 aromatic rings. The molecule has 6 aromatic carbocycles. The van der Waals surface area contributed by atoms with E-state index in [1.165, 1.54) is 156 Å². The van der Waals surface area contributed by atoms with Gasteiger partial charge in [-0.2, -0.15) is 0 Å². The number of aliphatic hydroxyl groups excluding tert-OH is 1. The normalized spacial score (nSPS) is 13.5. The molecule has 1 amide bonds. The standard InChI is InChI=1S/C51H69NO5Si.C32H53NOSi/c1-5-6-7-8-9-10-11-12-13-14-17-27-40(57-58(51(2,3)4,41-29-18-15-19-30-41)42-31-20-16-21-32-42)28-26-37-49(54)48(38-53)52-50(55)56-39-47-45-35-24-22-33-43(45)44-34-23-25-36-46(44)47;1-5-6-7-8-9-10-11-12-13-14-17-22-29(27-28-33)34-35(32(2,3)4,30-23-18-15-19-24-30)31-25-20-16-21-26-31/h15-16,18-25,29-36,40,47-48,53H,5-14,17,26-28,37-39H2,1-4H3,(H,52,55);15-16,18-21,23-26,29H,5-14,17,22,27-28,33H2,1-4H3/t40?,48-;/m0./s1. The largest absolute Gasteiger partial charge is 0.449 e. The van der Waals surface area contributed by atoms with Crippen LogP contribution in [0.25, 0.3) is 11.1 Å². The van der Waals surface area contributed by atoms with Crippen molar-refractivity contribution in [1.82, 2.24) is 5.32 Å². The average Bonchev–Trinajstić information content (AvgIpc) is 1.52. The van der Waals surface area contributed by atoms with Crippen molar-refractivity contribution in [1.29, 1.82) is 0 Å². The van der Waals surface area contributed by atoms with E-state index in [9.17, 15) is 14.7 Å². The van der Waals surface area contributed by atoms with Crippen molar-refractivity contribution in [2.24, 2.45) is 5.73 Å². The summed E-state index contributed by atoms with van der Waals surface area (Å²) in [5, 5.41) is 18.0. The van der Waals surface area contributed by atoms with Gasteiger partial charge in [0.1, 0.15) is 12.6 Å². The molecule has 0 fully saturated rings. The maximum Gasteiger partial charge on any atom is 0.407 e. The van der Waals surface area contributed by atoms with Crippen LogP contribution in [-0.2, 0) is 18.4 Å². The summed E-state index contributed by atoms with van der Waals surface area (Å²) in [6.45, 7) is 18.9. The molecule has 0 aromatic heterocycles. The molecule has 2 unspecified atom stereocenters. The van der Waals surface area contributed by atoms with E-state index < -0.39 is 35.4 Å². The van der Waals surface area contributed by atoms with E-state index in [0.717, 1.165) is 54.4 Å². The van der Waals surface area contributed by atoms with E-state index in [4.69, 9.17) is 19.3 Å². The second kappa shape index (κ2) is 41.5. The molecule has 0 aliphatic heterocycles. The summed E-state index contributed by atoms with van der Waals surface area (Å²) in [5.74, 6) is -0.288. The van der Waals surface area contributed by atoms with Crippen molar-refractivity contribution in [2.45, 2.75) is 269 Å². The van der Waals surface area contributed by atoms with Crippen LogP contribution in [-0.4, -0.2) is 71.6 Å². The SMILES string of the molecule is CCCCCCCCCCCCCC(CCCC(=O)[C@H](CO)NC(=O)OCC1c2ccccc2-c2ccccc21)O[Si](c1ccccc1)(c1ccccc1)C(C)(C)C.CCCCCCCCCCCCCC(CCN)O[Si](c1ccccc1)(c1ccccc1)C(C)(C)C. The van der Waals surface area contributed by atoms with Crippen LogP contribution in [0, 0.1) is 0 Å². The van der Waals surface area contributed by atoms with Crippen LogP contribution in [0.4, 0.5) is 4.79 Å². The van der Waals surface area contributed by atoms with Crippen molar-refractivity contribution >= 4 is 49.3 Å². The van der Waals surface area contributed by atoms with Gasteiger partial charge in [-0.05, 0) is 91.7 Å². The highest BCUT2D eigenvalue weighted by Gasteiger charge is 2.52. The average molecular weight is 1300 g/mol. The lowest BCUT2D eigenvalue weighted by molar-refractivity contribution is -0.122. The maximum absolute atomic E-state index is 13.6. The summed E-state index contributed by atoms with van der Waals surface area (Å²) in [5.41, 5.74) is 10.6. The molecule has 8 nitrogen and oxygen atoms in total. The minimum Gasteiger partial charge on any atom is -0.449 e. The summed E-state index contributed by atoms with van der Waals surface area (Å²) >= 11 is 0. The summed E-state index contributed by atoms with van der Waals surface area (Å²) in [7, 11) is -5.31. The van der Waals surface area contributed by atoms with Gasteiger partial charge in [-0.3, -0.25) is 4.79 Å².